The van der Waals surface area contributed by atoms with Crippen molar-refractivity contribution in [2.75, 3.05) is 17.6 Å². The fourth-order valence-electron chi connectivity index (χ4n) is 2.79. The number of carbonyl (C=O) groups is 1. The molecule has 2 aromatic rings. The van der Waals surface area contributed by atoms with Crippen LogP contribution < -0.4 is 5.32 Å². The van der Waals surface area contributed by atoms with Gasteiger partial charge in [0, 0.05) is 23.3 Å². The topological polar surface area (TPSA) is 71.3 Å². The highest BCUT2D eigenvalue weighted by atomic mass is 35.5. The van der Waals surface area contributed by atoms with Gasteiger partial charge in [0.05, 0.1) is 12.3 Å². The SMILES string of the molecule is CC1CCCCN1C(=O)CSc1nnc(CNc2ccc(Cl)cc2)o1. The number of amides is 1. The standard InChI is InChI=1S/C17H21ClN4O2S/c1-12-4-2-3-9-22(12)16(23)11-25-17-21-20-15(24-17)10-19-14-7-5-13(18)6-8-14/h5-8,12,19H,2-4,9-11H2,1H3. The van der Waals surface area contributed by atoms with Crippen molar-refractivity contribution in [3.8, 4) is 0 Å². The summed E-state index contributed by atoms with van der Waals surface area (Å²) in [6, 6.07) is 7.71. The van der Waals surface area contributed by atoms with Crippen LogP contribution in [0.4, 0.5) is 5.69 Å². The first-order valence-electron chi connectivity index (χ1n) is 8.36. The van der Waals surface area contributed by atoms with Crippen LogP contribution in [0, 0.1) is 0 Å². The number of hydrogen-bond acceptors (Lipinski definition) is 6. The van der Waals surface area contributed by atoms with Crippen molar-refractivity contribution in [3.63, 3.8) is 0 Å². The number of anilines is 1. The zero-order valence-electron chi connectivity index (χ0n) is 14.1. The molecule has 3 rings (SSSR count). The molecule has 1 aliphatic heterocycles. The minimum absolute atomic E-state index is 0.135. The second kappa shape index (κ2) is 8.58. The number of nitrogens with one attached hydrogen (secondary N) is 1. The number of carbonyl (C=O) groups excluding carboxylic acids is 1. The van der Waals surface area contributed by atoms with Gasteiger partial charge in [-0.1, -0.05) is 23.4 Å². The zero-order chi connectivity index (χ0) is 17.6. The average Bonchev–Trinajstić information content (AvgIpc) is 3.07. The van der Waals surface area contributed by atoms with Crippen molar-refractivity contribution >= 4 is 35.0 Å². The van der Waals surface area contributed by atoms with Crippen LogP contribution in [0.1, 0.15) is 32.1 Å². The van der Waals surface area contributed by atoms with E-state index in [4.69, 9.17) is 16.0 Å². The van der Waals surface area contributed by atoms with E-state index in [0.717, 1.165) is 25.1 Å². The van der Waals surface area contributed by atoms with Crippen LogP contribution in [0.3, 0.4) is 0 Å². The van der Waals surface area contributed by atoms with Gasteiger partial charge >= 0.3 is 0 Å². The van der Waals surface area contributed by atoms with Gasteiger partial charge in [0.15, 0.2) is 0 Å². The summed E-state index contributed by atoms with van der Waals surface area (Å²) in [5, 5.41) is 12.3. The molecule has 25 heavy (non-hydrogen) atoms. The Bertz CT molecular complexity index is 707. The third-order valence-electron chi connectivity index (χ3n) is 4.18. The van der Waals surface area contributed by atoms with Crippen molar-refractivity contribution < 1.29 is 9.21 Å². The van der Waals surface area contributed by atoms with Crippen LogP contribution in [0.15, 0.2) is 33.9 Å². The number of halogens is 1. The van der Waals surface area contributed by atoms with Gasteiger partial charge < -0.3 is 14.6 Å². The minimum atomic E-state index is 0.135. The first kappa shape index (κ1) is 18.1. The number of rotatable bonds is 6. The van der Waals surface area contributed by atoms with Gasteiger partial charge in [-0.15, -0.1) is 10.2 Å². The fraction of sp³-hybridized carbons (Fsp3) is 0.471. The van der Waals surface area contributed by atoms with Gasteiger partial charge in [0.2, 0.25) is 11.8 Å². The van der Waals surface area contributed by atoms with E-state index in [1.807, 2.05) is 29.2 Å². The second-order valence-corrected chi connectivity index (χ2v) is 7.41. The van der Waals surface area contributed by atoms with Gasteiger partial charge in [-0.05, 0) is 50.5 Å². The smallest absolute Gasteiger partial charge is 0.277 e. The van der Waals surface area contributed by atoms with E-state index in [1.54, 1.807) is 0 Å². The lowest BCUT2D eigenvalue weighted by molar-refractivity contribution is -0.131. The molecule has 0 bridgehead atoms. The first-order valence-corrected chi connectivity index (χ1v) is 9.72. The van der Waals surface area contributed by atoms with Crippen LogP contribution in [-0.4, -0.2) is 39.3 Å². The molecule has 0 radical (unpaired) electrons. The number of benzene rings is 1. The largest absolute Gasteiger partial charge is 0.414 e. The number of hydrogen-bond donors (Lipinski definition) is 1. The predicted octanol–water partition coefficient (Wildman–Crippen LogP) is 3.83. The lowest BCUT2D eigenvalue weighted by Gasteiger charge is -2.33. The predicted molar refractivity (Wildman–Crippen MR) is 98.8 cm³/mol. The molecule has 1 atom stereocenters. The maximum atomic E-state index is 12.3. The fourth-order valence-corrected chi connectivity index (χ4v) is 3.58. The average molecular weight is 381 g/mol. The number of aromatic nitrogens is 2. The Morgan fingerprint density at radius 1 is 1.36 bits per heavy atom. The molecule has 1 fully saturated rings. The van der Waals surface area contributed by atoms with Gasteiger partial charge in [-0.25, -0.2) is 0 Å². The second-order valence-electron chi connectivity index (χ2n) is 6.04. The molecule has 8 heteroatoms. The Morgan fingerprint density at radius 3 is 2.92 bits per heavy atom. The maximum absolute atomic E-state index is 12.3. The normalized spacial score (nSPS) is 17.5. The maximum Gasteiger partial charge on any atom is 0.277 e. The quantitative estimate of drug-likeness (QED) is 0.768. The third-order valence-corrected chi connectivity index (χ3v) is 5.23. The van der Waals surface area contributed by atoms with Gasteiger partial charge in [0.25, 0.3) is 5.22 Å². The van der Waals surface area contributed by atoms with E-state index in [9.17, 15) is 4.79 Å². The van der Waals surface area contributed by atoms with E-state index in [-0.39, 0.29) is 5.91 Å². The van der Waals surface area contributed by atoms with Crippen molar-refractivity contribution in [2.24, 2.45) is 0 Å². The molecular formula is C17H21ClN4O2S. The summed E-state index contributed by atoms with van der Waals surface area (Å²) >= 11 is 7.15. The van der Waals surface area contributed by atoms with Gasteiger partial charge in [-0.3, -0.25) is 4.79 Å². The molecular weight excluding hydrogens is 360 g/mol. The monoisotopic (exact) mass is 380 g/mol. The highest BCUT2D eigenvalue weighted by Gasteiger charge is 2.23. The number of nitrogens with zero attached hydrogens (tertiary/aromatic N) is 3. The van der Waals surface area contributed by atoms with E-state index in [2.05, 4.69) is 22.4 Å². The molecule has 1 N–H and O–H groups in total. The molecule has 0 aliphatic carbocycles. The Kier molecular flexibility index (Phi) is 6.20. The molecule has 134 valence electrons. The molecule has 0 saturated carbocycles. The molecule has 1 aromatic heterocycles. The molecule has 1 aliphatic rings. The number of piperidine rings is 1. The molecule has 0 spiro atoms. The molecule has 1 unspecified atom stereocenters. The third kappa shape index (κ3) is 5.12. The van der Waals surface area contributed by atoms with E-state index >= 15 is 0 Å². The van der Waals surface area contributed by atoms with Crippen LogP contribution in [-0.2, 0) is 11.3 Å². The van der Waals surface area contributed by atoms with Crippen LogP contribution in [0.5, 0.6) is 0 Å². The summed E-state index contributed by atoms with van der Waals surface area (Å²) in [4.78, 5) is 14.3. The number of thioether (sulfide) groups is 1. The summed E-state index contributed by atoms with van der Waals surface area (Å²) in [5.41, 5.74) is 0.922. The summed E-state index contributed by atoms with van der Waals surface area (Å²) in [7, 11) is 0. The van der Waals surface area contributed by atoms with Crippen LogP contribution in [0.25, 0.3) is 0 Å². The molecule has 1 saturated heterocycles. The zero-order valence-corrected chi connectivity index (χ0v) is 15.6. The number of likely N-dealkylation sites (tertiary alicyclic amines) is 1. The highest BCUT2D eigenvalue weighted by Crippen LogP contribution is 2.21. The van der Waals surface area contributed by atoms with Crippen molar-refractivity contribution in [3.05, 3.63) is 35.2 Å². The molecule has 1 amide bonds. The van der Waals surface area contributed by atoms with Gasteiger partial charge in [0.1, 0.15) is 0 Å². The van der Waals surface area contributed by atoms with Crippen molar-refractivity contribution in [1.82, 2.24) is 15.1 Å². The minimum Gasteiger partial charge on any atom is -0.414 e. The lowest BCUT2D eigenvalue weighted by Crippen LogP contribution is -2.42. The van der Waals surface area contributed by atoms with Gasteiger partial charge in [-0.2, -0.15) is 0 Å². The summed E-state index contributed by atoms with van der Waals surface area (Å²) in [6.45, 7) is 3.38. The van der Waals surface area contributed by atoms with Crippen molar-refractivity contribution in [1.29, 1.82) is 0 Å². The van der Waals surface area contributed by atoms with E-state index in [0.29, 0.717) is 34.5 Å². The summed E-state index contributed by atoms with van der Waals surface area (Å²) in [6.07, 6.45) is 3.37. The Hall–Kier alpha value is -1.73. The van der Waals surface area contributed by atoms with E-state index in [1.165, 1.54) is 18.2 Å². The van der Waals surface area contributed by atoms with Crippen LogP contribution in [0.2, 0.25) is 5.02 Å². The Labute approximate surface area is 156 Å². The Balaban J connectivity index is 1.46. The van der Waals surface area contributed by atoms with E-state index < -0.39 is 0 Å². The summed E-state index contributed by atoms with van der Waals surface area (Å²) in [5.74, 6) is 0.948. The molecule has 6 nitrogen and oxygen atoms in total. The molecule has 2 heterocycles. The highest BCUT2D eigenvalue weighted by molar-refractivity contribution is 7.99. The Morgan fingerprint density at radius 2 is 2.16 bits per heavy atom. The lowest BCUT2D eigenvalue weighted by atomic mass is 10.0. The van der Waals surface area contributed by atoms with Crippen molar-refractivity contribution in [2.45, 2.75) is 44.0 Å². The van der Waals surface area contributed by atoms with Crippen LogP contribution >= 0.6 is 23.4 Å². The molecule has 1 aromatic carbocycles. The first-order chi connectivity index (χ1) is 12.1. The summed E-state index contributed by atoms with van der Waals surface area (Å²) < 4.78 is 5.58.